The molecule has 1 aliphatic rings. The number of aromatic nitrogens is 1. The third kappa shape index (κ3) is 4.12. The normalized spacial score (nSPS) is 16.8. The molecule has 1 fully saturated rings. The fourth-order valence-electron chi connectivity index (χ4n) is 2.98. The maximum atomic E-state index is 12.1. The summed E-state index contributed by atoms with van der Waals surface area (Å²) in [6, 6.07) is 9.84. The van der Waals surface area contributed by atoms with Crippen LogP contribution in [0.15, 0.2) is 35.8 Å². The molecule has 6 heteroatoms. The lowest BCUT2D eigenvalue weighted by Gasteiger charge is -2.24. The van der Waals surface area contributed by atoms with Crippen LogP contribution < -0.4 is 10.2 Å². The first kappa shape index (κ1) is 16.5. The average Bonchev–Trinajstić information content (AvgIpc) is 3.29. The van der Waals surface area contributed by atoms with E-state index < -0.39 is 0 Å². The van der Waals surface area contributed by atoms with E-state index >= 15 is 0 Å². The van der Waals surface area contributed by atoms with Gasteiger partial charge in [0.25, 0.3) is 0 Å². The Labute approximate surface area is 145 Å². The van der Waals surface area contributed by atoms with Gasteiger partial charge in [-0.1, -0.05) is 12.1 Å². The minimum absolute atomic E-state index is 0.0744. The Morgan fingerprint density at radius 1 is 1.42 bits per heavy atom. The van der Waals surface area contributed by atoms with E-state index in [1.807, 2.05) is 23.7 Å². The molecule has 0 saturated carbocycles. The van der Waals surface area contributed by atoms with Crippen molar-refractivity contribution in [2.24, 2.45) is 0 Å². The summed E-state index contributed by atoms with van der Waals surface area (Å²) >= 11 is 1.65. The summed E-state index contributed by atoms with van der Waals surface area (Å²) in [5.74, 6) is 0.0744. The molecule has 0 bridgehead atoms. The quantitative estimate of drug-likeness (QED) is 0.878. The van der Waals surface area contributed by atoms with Crippen LogP contribution in [-0.2, 0) is 11.2 Å². The van der Waals surface area contributed by atoms with Gasteiger partial charge in [-0.3, -0.25) is 4.79 Å². The monoisotopic (exact) mass is 340 g/mol. The number of anilines is 1. The molecule has 3 rings (SSSR count). The van der Waals surface area contributed by atoms with Gasteiger partial charge in [0, 0.05) is 37.1 Å². The summed E-state index contributed by atoms with van der Waals surface area (Å²) in [7, 11) is 0. The SMILES string of the molecule is N#Cc1ccc(CCC(=O)NC[C@@H]2CCCN2c2nccs2)cc1. The Hall–Kier alpha value is -2.39. The first-order valence-corrected chi connectivity index (χ1v) is 9.06. The molecule has 124 valence electrons. The second-order valence-electron chi connectivity index (χ2n) is 5.92. The zero-order valence-corrected chi connectivity index (χ0v) is 14.3. The highest BCUT2D eigenvalue weighted by atomic mass is 32.1. The number of carbonyl (C=O) groups excluding carboxylic acids is 1. The summed E-state index contributed by atoms with van der Waals surface area (Å²) < 4.78 is 0. The highest BCUT2D eigenvalue weighted by Gasteiger charge is 2.26. The number of hydrogen-bond acceptors (Lipinski definition) is 5. The third-order valence-electron chi connectivity index (χ3n) is 4.30. The van der Waals surface area contributed by atoms with Crippen molar-refractivity contribution in [3.05, 3.63) is 47.0 Å². The van der Waals surface area contributed by atoms with E-state index in [-0.39, 0.29) is 5.91 Å². The predicted octanol–water partition coefficient (Wildman–Crippen LogP) is 2.73. The second kappa shape index (κ2) is 7.93. The van der Waals surface area contributed by atoms with Crippen LogP contribution in [0.3, 0.4) is 0 Å². The lowest BCUT2D eigenvalue weighted by molar-refractivity contribution is -0.121. The smallest absolute Gasteiger partial charge is 0.220 e. The van der Waals surface area contributed by atoms with E-state index in [1.165, 1.54) is 0 Å². The summed E-state index contributed by atoms with van der Waals surface area (Å²) in [5, 5.41) is 14.9. The molecule has 1 aliphatic heterocycles. The van der Waals surface area contributed by atoms with E-state index in [0.717, 1.165) is 30.1 Å². The summed E-state index contributed by atoms with van der Waals surface area (Å²) in [4.78, 5) is 18.8. The number of nitrogens with zero attached hydrogens (tertiary/aromatic N) is 3. The predicted molar refractivity (Wildman–Crippen MR) is 95.0 cm³/mol. The molecule has 2 aromatic rings. The van der Waals surface area contributed by atoms with Crippen LogP contribution in [0, 0.1) is 11.3 Å². The van der Waals surface area contributed by atoms with Gasteiger partial charge in [0.1, 0.15) is 0 Å². The van der Waals surface area contributed by atoms with E-state index in [0.29, 0.717) is 31.0 Å². The Kier molecular flexibility index (Phi) is 5.44. The van der Waals surface area contributed by atoms with Gasteiger partial charge >= 0.3 is 0 Å². The lowest BCUT2D eigenvalue weighted by Crippen LogP contribution is -2.40. The van der Waals surface area contributed by atoms with Gasteiger partial charge in [0.05, 0.1) is 11.6 Å². The van der Waals surface area contributed by atoms with E-state index in [2.05, 4.69) is 21.3 Å². The Balaban J connectivity index is 1.44. The third-order valence-corrected chi connectivity index (χ3v) is 5.11. The van der Waals surface area contributed by atoms with Gasteiger partial charge in [-0.15, -0.1) is 11.3 Å². The van der Waals surface area contributed by atoms with Crippen molar-refractivity contribution in [2.45, 2.75) is 31.7 Å². The number of amides is 1. The molecule has 1 atom stereocenters. The van der Waals surface area contributed by atoms with Crippen LogP contribution in [-0.4, -0.2) is 30.0 Å². The van der Waals surface area contributed by atoms with Crippen molar-refractivity contribution in [1.29, 1.82) is 5.26 Å². The standard InChI is InChI=1S/C18H20N4OS/c19-12-15-5-3-14(4-6-15)7-8-17(23)21-13-16-2-1-10-22(16)18-20-9-11-24-18/h3-6,9,11,16H,1-2,7-8,10,13H2,(H,21,23)/t16-/m0/s1. The fourth-order valence-corrected chi connectivity index (χ4v) is 3.72. The number of nitriles is 1. The number of benzene rings is 1. The van der Waals surface area contributed by atoms with Crippen molar-refractivity contribution in [2.75, 3.05) is 18.0 Å². The van der Waals surface area contributed by atoms with Crippen molar-refractivity contribution in [1.82, 2.24) is 10.3 Å². The van der Waals surface area contributed by atoms with Gasteiger partial charge < -0.3 is 10.2 Å². The maximum absolute atomic E-state index is 12.1. The van der Waals surface area contributed by atoms with Crippen LogP contribution >= 0.6 is 11.3 Å². The molecule has 1 saturated heterocycles. The molecule has 0 spiro atoms. The first-order chi connectivity index (χ1) is 11.8. The van der Waals surface area contributed by atoms with Gasteiger partial charge in [-0.2, -0.15) is 5.26 Å². The molecule has 5 nitrogen and oxygen atoms in total. The second-order valence-corrected chi connectivity index (χ2v) is 6.79. The Bertz CT molecular complexity index is 706. The molecule has 1 N–H and O–H groups in total. The fraction of sp³-hybridized carbons (Fsp3) is 0.389. The number of aryl methyl sites for hydroxylation is 1. The molecule has 1 amide bonds. The van der Waals surface area contributed by atoms with Crippen molar-refractivity contribution in [3.8, 4) is 6.07 Å². The van der Waals surface area contributed by atoms with Gasteiger partial charge in [-0.25, -0.2) is 4.98 Å². The van der Waals surface area contributed by atoms with E-state index in [9.17, 15) is 4.79 Å². The van der Waals surface area contributed by atoms with Crippen LogP contribution in [0.1, 0.15) is 30.4 Å². The van der Waals surface area contributed by atoms with Gasteiger partial charge in [0.2, 0.25) is 5.91 Å². The molecule has 24 heavy (non-hydrogen) atoms. The highest BCUT2D eigenvalue weighted by Crippen LogP contribution is 2.26. The maximum Gasteiger partial charge on any atom is 0.220 e. The van der Waals surface area contributed by atoms with Crippen LogP contribution in [0.4, 0.5) is 5.13 Å². The highest BCUT2D eigenvalue weighted by molar-refractivity contribution is 7.13. The molecular weight excluding hydrogens is 320 g/mol. The molecule has 0 unspecified atom stereocenters. The summed E-state index contributed by atoms with van der Waals surface area (Å²) in [5.41, 5.74) is 1.72. The van der Waals surface area contributed by atoms with Crippen molar-refractivity contribution in [3.63, 3.8) is 0 Å². The van der Waals surface area contributed by atoms with Gasteiger partial charge in [-0.05, 0) is 37.0 Å². The lowest BCUT2D eigenvalue weighted by atomic mass is 10.1. The number of hydrogen-bond donors (Lipinski definition) is 1. The Morgan fingerprint density at radius 2 is 2.25 bits per heavy atom. The van der Waals surface area contributed by atoms with Crippen LogP contribution in [0.2, 0.25) is 0 Å². The molecule has 0 aliphatic carbocycles. The largest absolute Gasteiger partial charge is 0.354 e. The molecule has 0 radical (unpaired) electrons. The summed E-state index contributed by atoms with van der Waals surface area (Å²) in [6.07, 6.45) is 5.22. The zero-order valence-electron chi connectivity index (χ0n) is 13.4. The number of rotatable bonds is 6. The minimum atomic E-state index is 0.0744. The van der Waals surface area contributed by atoms with Crippen LogP contribution in [0.25, 0.3) is 0 Å². The first-order valence-electron chi connectivity index (χ1n) is 8.18. The van der Waals surface area contributed by atoms with Crippen molar-refractivity contribution < 1.29 is 4.79 Å². The van der Waals surface area contributed by atoms with Gasteiger partial charge in [0.15, 0.2) is 5.13 Å². The number of carbonyl (C=O) groups is 1. The molecule has 1 aromatic carbocycles. The average molecular weight is 340 g/mol. The molecule has 2 heterocycles. The topological polar surface area (TPSA) is 69.0 Å². The van der Waals surface area contributed by atoms with E-state index in [1.54, 1.807) is 23.5 Å². The number of nitrogens with one attached hydrogen (secondary N) is 1. The summed E-state index contributed by atoms with van der Waals surface area (Å²) in [6.45, 7) is 1.69. The van der Waals surface area contributed by atoms with Crippen LogP contribution in [0.5, 0.6) is 0 Å². The minimum Gasteiger partial charge on any atom is -0.354 e. The van der Waals surface area contributed by atoms with Crippen molar-refractivity contribution >= 4 is 22.4 Å². The number of thiazole rings is 1. The van der Waals surface area contributed by atoms with E-state index in [4.69, 9.17) is 5.26 Å². The Morgan fingerprint density at radius 3 is 2.96 bits per heavy atom. The molecular formula is C18H20N4OS. The molecule has 1 aromatic heterocycles. The zero-order chi connectivity index (χ0) is 16.8.